The van der Waals surface area contributed by atoms with E-state index in [2.05, 4.69) is 15.8 Å². The molecule has 0 spiro atoms. The average Bonchev–Trinajstić information content (AvgIpc) is 2.60. The molecule has 0 aliphatic carbocycles. The minimum absolute atomic E-state index is 0.0372. The zero-order valence-electron chi connectivity index (χ0n) is 13.2. The Balaban J connectivity index is 1.88. The fourth-order valence-electron chi connectivity index (χ4n) is 1.86. The van der Waals surface area contributed by atoms with E-state index in [0.717, 1.165) is 17.7 Å². The van der Waals surface area contributed by atoms with Gasteiger partial charge in [0.2, 0.25) is 0 Å². The van der Waals surface area contributed by atoms with E-state index in [-0.39, 0.29) is 17.4 Å². The van der Waals surface area contributed by atoms with Gasteiger partial charge in [-0.2, -0.15) is 23.5 Å². The number of rotatable bonds is 5. The van der Waals surface area contributed by atoms with Crippen LogP contribution >= 0.6 is 12.2 Å². The van der Waals surface area contributed by atoms with Gasteiger partial charge in [-0.1, -0.05) is 6.07 Å². The number of thiocarbonyl (C=S) groups is 1. The molecule has 2 aromatic rings. The van der Waals surface area contributed by atoms with Gasteiger partial charge in [-0.3, -0.25) is 5.43 Å². The van der Waals surface area contributed by atoms with Gasteiger partial charge in [0.05, 0.1) is 11.8 Å². The molecular weight excluding hydrogens is 365 g/mol. The largest absolute Gasteiger partial charge is 0.479 e. The molecule has 2 rings (SSSR count). The van der Waals surface area contributed by atoms with Crippen molar-refractivity contribution >= 4 is 29.2 Å². The third kappa shape index (κ3) is 6.07. The SMILES string of the molecule is N#CCOc1ccc(/C=N\NC(=S)Nc2cccc(C(F)(F)F)c2)cc1. The van der Waals surface area contributed by atoms with Crippen molar-refractivity contribution in [2.24, 2.45) is 5.10 Å². The minimum Gasteiger partial charge on any atom is -0.479 e. The van der Waals surface area contributed by atoms with Crippen LogP contribution in [0.4, 0.5) is 18.9 Å². The van der Waals surface area contributed by atoms with Crippen LogP contribution in [0, 0.1) is 11.3 Å². The lowest BCUT2D eigenvalue weighted by molar-refractivity contribution is -0.137. The molecule has 134 valence electrons. The maximum atomic E-state index is 12.7. The number of hydrogen-bond donors (Lipinski definition) is 2. The molecule has 2 N–H and O–H groups in total. The van der Waals surface area contributed by atoms with E-state index in [0.29, 0.717) is 5.75 Å². The highest BCUT2D eigenvalue weighted by atomic mass is 32.1. The number of hydrogen-bond acceptors (Lipinski definition) is 4. The molecule has 5 nitrogen and oxygen atoms in total. The molecule has 0 amide bonds. The van der Waals surface area contributed by atoms with E-state index in [1.165, 1.54) is 18.3 Å². The molecule has 0 saturated heterocycles. The second kappa shape index (κ2) is 8.82. The molecule has 0 aliphatic rings. The summed E-state index contributed by atoms with van der Waals surface area (Å²) < 4.78 is 43.1. The molecule has 0 fully saturated rings. The number of nitrogens with zero attached hydrogens (tertiary/aromatic N) is 2. The Kier molecular flexibility index (Phi) is 6.52. The molecule has 26 heavy (non-hydrogen) atoms. The van der Waals surface area contributed by atoms with Crippen molar-refractivity contribution in [1.29, 1.82) is 5.26 Å². The molecule has 0 unspecified atom stereocenters. The molecule has 0 radical (unpaired) electrons. The Morgan fingerprint density at radius 3 is 2.62 bits per heavy atom. The maximum Gasteiger partial charge on any atom is 0.416 e. The second-order valence-electron chi connectivity index (χ2n) is 4.92. The van der Waals surface area contributed by atoms with Crippen LogP contribution in [0.2, 0.25) is 0 Å². The predicted octanol–water partition coefficient (Wildman–Crippen LogP) is 3.93. The molecule has 2 aromatic carbocycles. The first-order valence-electron chi connectivity index (χ1n) is 7.25. The minimum atomic E-state index is -4.42. The zero-order chi connectivity index (χ0) is 19.0. The van der Waals surface area contributed by atoms with E-state index in [1.54, 1.807) is 24.3 Å². The van der Waals surface area contributed by atoms with Crippen molar-refractivity contribution < 1.29 is 17.9 Å². The van der Waals surface area contributed by atoms with Crippen molar-refractivity contribution in [3.63, 3.8) is 0 Å². The fraction of sp³-hybridized carbons (Fsp3) is 0.118. The van der Waals surface area contributed by atoms with Crippen LogP contribution in [-0.2, 0) is 6.18 Å². The smallest absolute Gasteiger partial charge is 0.416 e. The van der Waals surface area contributed by atoms with Gasteiger partial charge < -0.3 is 10.1 Å². The fourth-order valence-corrected chi connectivity index (χ4v) is 2.03. The molecule has 0 saturated carbocycles. The van der Waals surface area contributed by atoms with Crippen LogP contribution in [0.5, 0.6) is 5.75 Å². The number of anilines is 1. The summed E-state index contributed by atoms with van der Waals surface area (Å²) in [5.41, 5.74) is 2.69. The van der Waals surface area contributed by atoms with Crippen molar-refractivity contribution in [1.82, 2.24) is 5.43 Å². The van der Waals surface area contributed by atoms with Gasteiger partial charge in [-0.05, 0) is 60.2 Å². The van der Waals surface area contributed by atoms with Crippen molar-refractivity contribution in [3.8, 4) is 11.8 Å². The highest BCUT2D eigenvalue weighted by Gasteiger charge is 2.30. The van der Waals surface area contributed by atoms with Gasteiger partial charge in [0.25, 0.3) is 0 Å². The van der Waals surface area contributed by atoms with Crippen LogP contribution in [0.15, 0.2) is 53.6 Å². The molecule has 0 atom stereocenters. The Bertz CT molecular complexity index is 829. The van der Waals surface area contributed by atoms with Crippen LogP contribution in [0.1, 0.15) is 11.1 Å². The van der Waals surface area contributed by atoms with Gasteiger partial charge in [-0.25, -0.2) is 0 Å². The third-order valence-electron chi connectivity index (χ3n) is 3.01. The lowest BCUT2D eigenvalue weighted by Gasteiger charge is -2.10. The quantitative estimate of drug-likeness (QED) is 0.469. The standard InChI is InChI=1S/C17H13F3N4OS/c18-17(19,20)13-2-1-3-14(10-13)23-16(26)24-22-11-12-4-6-15(7-5-12)25-9-8-21/h1-7,10-11H,9H2,(H2,23,24,26)/b22-11-. The highest BCUT2D eigenvalue weighted by Crippen LogP contribution is 2.30. The summed E-state index contributed by atoms with van der Waals surface area (Å²) >= 11 is 4.99. The van der Waals surface area contributed by atoms with Gasteiger partial charge in [0.1, 0.15) is 11.8 Å². The Morgan fingerprint density at radius 1 is 1.23 bits per heavy atom. The average molecular weight is 378 g/mol. The van der Waals surface area contributed by atoms with E-state index in [4.69, 9.17) is 22.2 Å². The summed E-state index contributed by atoms with van der Waals surface area (Å²) in [5.74, 6) is 0.554. The number of ether oxygens (including phenoxy) is 1. The van der Waals surface area contributed by atoms with E-state index >= 15 is 0 Å². The molecule has 0 aliphatic heterocycles. The number of halogens is 3. The van der Waals surface area contributed by atoms with E-state index < -0.39 is 11.7 Å². The van der Waals surface area contributed by atoms with Gasteiger partial charge in [0.15, 0.2) is 11.7 Å². The molecule has 0 bridgehead atoms. The lowest BCUT2D eigenvalue weighted by Crippen LogP contribution is -2.24. The van der Waals surface area contributed by atoms with Crippen molar-refractivity contribution in [2.45, 2.75) is 6.18 Å². The van der Waals surface area contributed by atoms with Crippen LogP contribution in [-0.4, -0.2) is 17.9 Å². The molecule has 0 heterocycles. The zero-order valence-corrected chi connectivity index (χ0v) is 14.1. The van der Waals surface area contributed by atoms with Crippen molar-refractivity contribution in [2.75, 3.05) is 11.9 Å². The normalized spacial score (nSPS) is 11.0. The number of hydrazone groups is 1. The summed E-state index contributed by atoms with van der Waals surface area (Å²) in [6.07, 6.45) is -2.94. The number of benzene rings is 2. The summed E-state index contributed by atoms with van der Waals surface area (Å²) in [4.78, 5) is 0. The van der Waals surface area contributed by atoms with Crippen LogP contribution in [0.3, 0.4) is 0 Å². The Hall–Kier alpha value is -3.12. The first kappa shape index (κ1) is 19.2. The monoisotopic (exact) mass is 378 g/mol. The first-order valence-corrected chi connectivity index (χ1v) is 7.66. The second-order valence-corrected chi connectivity index (χ2v) is 5.33. The first-order chi connectivity index (χ1) is 12.4. The summed E-state index contributed by atoms with van der Waals surface area (Å²) in [7, 11) is 0. The van der Waals surface area contributed by atoms with E-state index in [1.807, 2.05) is 6.07 Å². The topological polar surface area (TPSA) is 69.4 Å². The van der Waals surface area contributed by atoms with Crippen LogP contribution < -0.4 is 15.5 Å². The Morgan fingerprint density at radius 2 is 1.96 bits per heavy atom. The molecule has 9 heteroatoms. The van der Waals surface area contributed by atoms with Crippen LogP contribution in [0.25, 0.3) is 0 Å². The summed E-state index contributed by atoms with van der Waals surface area (Å²) in [6, 6.07) is 13.4. The molecule has 0 aromatic heterocycles. The predicted molar refractivity (Wildman–Crippen MR) is 95.9 cm³/mol. The summed E-state index contributed by atoms with van der Waals surface area (Å²) in [5, 5.41) is 15.0. The van der Waals surface area contributed by atoms with E-state index in [9.17, 15) is 13.2 Å². The number of alkyl halides is 3. The molecular formula is C17H13F3N4OS. The maximum absolute atomic E-state index is 12.7. The lowest BCUT2D eigenvalue weighted by atomic mass is 10.2. The number of nitrogens with one attached hydrogen (secondary N) is 2. The summed E-state index contributed by atoms with van der Waals surface area (Å²) in [6.45, 7) is -0.0372. The van der Waals surface area contributed by atoms with Gasteiger partial charge in [-0.15, -0.1) is 0 Å². The Labute approximate surface area is 153 Å². The van der Waals surface area contributed by atoms with Gasteiger partial charge in [0, 0.05) is 5.69 Å². The third-order valence-corrected chi connectivity index (χ3v) is 3.20. The number of nitriles is 1. The highest BCUT2D eigenvalue weighted by molar-refractivity contribution is 7.80. The van der Waals surface area contributed by atoms with Crippen molar-refractivity contribution in [3.05, 3.63) is 59.7 Å². The van der Waals surface area contributed by atoms with Gasteiger partial charge >= 0.3 is 6.18 Å².